The first-order chi connectivity index (χ1) is 14.7. The quantitative estimate of drug-likeness (QED) is 0.324. The molecule has 0 unspecified atom stereocenters. The number of aromatic nitrogens is 1. The lowest BCUT2D eigenvalue weighted by Gasteiger charge is -2.08. The molecule has 2 aromatic rings. The highest BCUT2D eigenvalue weighted by atomic mass is 32.2. The molecule has 1 amide bonds. The number of nitrogens with one attached hydrogen (secondary N) is 1. The maximum absolute atomic E-state index is 12.7. The van der Waals surface area contributed by atoms with Crippen molar-refractivity contribution in [1.82, 2.24) is 10.3 Å². The Morgan fingerprint density at radius 2 is 1.94 bits per heavy atom. The number of esters is 1. The van der Waals surface area contributed by atoms with Crippen molar-refractivity contribution in [3.63, 3.8) is 0 Å². The third kappa shape index (κ3) is 6.15. The number of methoxy groups -OCH3 is 1. The van der Waals surface area contributed by atoms with Gasteiger partial charge in [0.15, 0.2) is 5.17 Å². The first kappa shape index (κ1) is 22.0. The van der Waals surface area contributed by atoms with Crippen LogP contribution in [0.15, 0.2) is 63.6 Å². The van der Waals surface area contributed by atoms with Gasteiger partial charge in [0.05, 0.1) is 18.2 Å². The Morgan fingerprint density at radius 3 is 2.61 bits per heavy atom. The molecule has 0 aliphatic carbocycles. The molecule has 160 valence electrons. The zero-order chi connectivity index (χ0) is 22.4. The molecule has 0 atom stereocenters. The molecule has 31 heavy (non-hydrogen) atoms. The highest BCUT2D eigenvalue weighted by Gasteiger charge is 2.32. The number of benzene rings is 1. The molecule has 1 N–H and O–H groups in total. The van der Waals surface area contributed by atoms with Gasteiger partial charge < -0.3 is 9.47 Å². The SMILES string of the molecule is COC(=O)/C=C1/S/C(=N\N=Cc2ccc(Oc3cccc(C(F)(F)F)n3)cc2)NC1=O. The zero-order valence-electron chi connectivity index (χ0n) is 15.7. The number of pyridine rings is 1. The summed E-state index contributed by atoms with van der Waals surface area (Å²) >= 11 is 0.933. The Kier molecular flexibility index (Phi) is 6.70. The number of carbonyl (C=O) groups is 2. The van der Waals surface area contributed by atoms with Crippen LogP contribution in [-0.4, -0.2) is 35.4 Å². The highest BCUT2D eigenvalue weighted by molar-refractivity contribution is 8.18. The van der Waals surface area contributed by atoms with Crippen molar-refractivity contribution in [3.8, 4) is 11.6 Å². The van der Waals surface area contributed by atoms with Crippen LogP contribution in [0.25, 0.3) is 0 Å². The van der Waals surface area contributed by atoms with Gasteiger partial charge in [-0.15, -0.1) is 5.10 Å². The summed E-state index contributed by atoms with van der Waals surface area (Å²) in [4.78, 5) is 26.5. The number of halogens is 3. The Morgan fingerprint density at radius 1 is 1.19 bits per heavy atom. The summed E-state index contributed by atoms with van der Waals surface area (Å²) in [5, 5.41) is 10.3. The third-order valence-corrected chi connectivity index (χ3v) is 4.47. The van der Waals surface area contributed by atoms with E-state index in [0.717, 1.165) is 23.9 Å². The van der Waals surface area contributed by atoms with Crippen LogP contribution in [0.3, 0.4) is 0 Å². The Bertz CT molecular complexity index is 1080. The number of carbonyl (C=O) groups excluding carboxylic acids is 2. The number of thioether (sulfide) groups is 1. The smallest absolute Gasteiger partial charge is 0.433 e. The van der Waals surface area contributed by atoms with E-state index in [-0.39, 0.29) is 21.7 Å². The normalized spacial score (nSPS) is 16.7. The lowest BCUT2D eigenvalue weighted by molar-refractivity contribution is -0.141. The fraction of sp³-hybridized carbons (Fsp3) is 0.105. The van der Waals surface area contributed by atoms with Gasteiger partial charge in [0.2, 0.25) is 5.88 Å². The summed E-state index contributed by atoms with van der Waals surface area (Å²) in [6.45, 7) is 0. The molecule has 3 rings (SSSR count). The van der Waals surface area contributed by atoms with Gasteiger partial charge in [0.25, 0.3) is 5.91 Å². The number of ether oxygens (including phenoxy) is 2. The van der Waals surface area contributed by atoms with Crippen molar-refractivity contribution in [2.24, 2.45) is 10.2 Å². The molecule has 1 aromatic heterocycles. The van der Waals surface area contributed by atoms with E-state index in [9.17, 15) is 22.8 Å². The van der Waals surface area contributed by atoms with Gasteiger partial charge in [-0.25, -0.2) is 9.78 Å². The molecule has 12 heteroatoms. The number of hydrogen-bond acceptors (Lipinski definition) is 8. The van der Waals surface area contributed by atoms with E-state index in [0.29, 0.717) is 5.56 Å². The van der Waals surface area contributed by atoms with Crippen LogP contribution in [0.1, 0.15) is 11.3 Å². The van der Waals surface area contributed by atoms with Crippen LogP contribution >= 0.6 is 11.8 Å². The summed E-state index contributed by atoms with van der Waals surface area (Å²) in [7, 11) is 1.20. The Labute approximate surface area is 177 Å². The second kappa shape index (κ2) is 9.43. The van der Waals surface area contributed by atoms with Crippen molar-refractivity contribution >= 4 is 35.0 Å². The largest absolute Gasteiger partial charge is 0.466 e. The summed E-state index contributed by atoms with van der Waals surface area (Å²) in [6.07, 6.45) is -2.12. The predicted octanol–water partition coefficient (Wildman–Crippen LogP) is 3.50. The van der Waals surface area contributed by atoms with Gasteiger partial charge >= 0.3 is 12.1 Å². The third-order valence-electron chi connectivity index (χ3n) is 3.57. The van der Waals surface area contributed by atoms with Crippen LogP contribution in [0.4, 0.5) is 13.2 Å². The van der Waals surface area contributed by atoms with E-state index >= 15 is 0 Å². The van der Waals surface area contributed by atoms with E-state index in [1.165, 1.54) is 37.6 Å². The Hall–Kier alpha value is -3.67. The average molecular weight is 450 g/mol. The van der Waals surface area contributed by atoms with E-state index in [4.69, 9.17) is 4.74 Å². The topological polar surface area (TPSA) is 102 Å². The summed E-state index contributed by atoms with van der Waals surface area (Å²) < 4.78 is 47.9. The highest BCUT2D eigenvalue weighted by Crippen LogP contribution is 2.30. The van der Waals surface area contributed by atoms with Crippen LogP contribution in [0.5, 0.6) is 11.6 Å². The summed E-state index contributed by atoms with van der Waals surface area (Å²) in [5.74, 6) is -1.06. The molecule has 1 saturated heterocycles. The Balaban J connectivity index is 1.62. The van der Waals surface area contributed by atoms with Gasteiger partial charge in [0, 0.05) is 12.1 Å². The minimum atomic E-state index is -4.56. The molecular weight excluding hydrogens is 437 g/mol. The van der Waals surface area contributed by atoms with Crippen LogP contribution in [0.2, 0.25) is 0 Å². The lowest BCUT2D eigenvalue weighted by Crippen LogP contribution is -2.19. The van der Waals surface area contributed by atoms with Gasteiger partial charge in [0.1, 0.15) is 11.4 Å². The fourth-order valence-electron chi connectivity index (χ4n) is 2.16. The number of nitrogens with zero attached hydrogens (tertiary/aromatic N) is 3. The average Bonchev–Trinajstić information content (AvgIpc) is 3.08. The molecule has 1 aliphatic heterocycles. The van der Waals surface area contributed by atoms with E-state index in [1.54, 1.807) is 12.1 Å². The van der Waals surface area contributed by atoms with Crippen LogP contribution < -0.4 is 10.1 Å². The van der Waals surface area contributed by atoms with Gasteiger partial charge in [-0.1, -0.05) is 6.07 Å². The van der Waals surface area contributed by atoms with E-state index in [2.05, 4.69) is 25.2 Å². The molecule has 0 bridgehead atoms. The standard InChI is InChI=1S/C19H13F3N4O4S/c1-29-16(27)9-13-17(28)25-18(31-13)26-23-10-11-5-7-12(8-6-11)30-15-4-2-3-14(24-15)19(20,21)22/h2-10H,1H3,(H,25,26,28)/b13-9+,23-10?. The molecule has 0 saturated carbocycles. The van der Waals surface area contributed by atoms with Gasteiger partial charge in [-0.05, 0) is 47.7 Å². The van der Waals surface area contributed by atoms with Gasteiger partial charge in [-0.3, -0.25) is 10.1 Å². The number of amidine groups is 1. The van der Waals surface area contributed by atoms with Crippen LogP contribution in [0, 0.1) is 0 Å². The van der Waals surface area contributed by atoms with Crippen molar-refractivity contribution < 1.29 is 32.2 Å². The van der Waals surface area contributed by atoms with Crippen molar-refractivity contribution in [2.45, 2.75) is 6.18 Å². The molecule has 1 fully saturated rings. The summed E-state index contributed by atoms with van der Waals surface area (Å²) in [5.41, 5.74) is -0.428. The predicted molar refractivity (Wildman–Crippen MR) is 107 cm³/mol. The molecule has 0 spiro atoms. The fourth-order valence-corrected chi connectivity index (χ4v) is 2.90. The maximum Gasteiger partial charge on any atom is 0.433 e. The summed E-state index contributed by atoms with van der Waals surface area (Å²) in [6, 6.07) is 9.64. The number of hydrogen-bond donors (Lipinski definition) is 1. The minimum Gasteiger partial charge on any atom is -0.466 e. The van der Waals surface area contributed by atoms with Crippen molar-refractivity contribution in [1.29, 1.82) is 0 Å². The van der Waals surface area contributed by atoms with Crippen molar-refractivity contribution in [2.75, 3.05) is 7.11 Å². The number of alkyl halides is 3. The lowest BCUT2D eigenvalue weighted by atomic mass is 10.2. The number of rotatable bonds is 5. The zero-order valence-corrected chi connectivity index (χ0v) is 16.5. The molecule has 1 aromatic carbocycles. The number of amides is 1. The monoisotopic (exact) mass is 450 g/mol. The maximum atomic E-state index is 12.7. The second-order valence-electron chi connectivity index (χ2n) is 5.77. The second-order valence-corrected chi connectivity index (χ2v) is 6.80. The van der Waals surface area contributed by atoms with E-state index < -0.39 is 23.7 Å². The molecule has 0 radical (unpaired) electrons. The molecule has 8 nitrogen and oxygen atoms in total. The molecule has 2 heterocycles. The molecule has 1 aliphatic rings. The first-order valence-electron chi connectivity index (χ1n) is 8.46. The van der Waals surface area contributed by atoms with Gasteiger partial charge in [-0.2, -0.15) is 18.3 Å². The van der Waals surface area contributed by atoms with E-state index in [1.807, 2.05) is 0 Å². The first-order valence-corrected chi connectivity index (χ1v) is 9.28. The minimum absolute atomic E-state index is 0.130. The van der Waals surface area contributed by atoms with Crippen LogP contribution in [-0.2, 0) is 20.5 Å². The molecular formula is C19H13F3N4O4S. The van der Waals surface area contributed by atoms with Crippen molar-refractivity contribution in [3.05, 3.63) is 64.7 Å².